The first kappa shape index (κ1) is 21.7. The highest BCUT2D eigenvalue weighted by atomic mass is 16.4. The van der Waals surface area contributed by atoms with Gasteiger partial charge in [0.1, 0.15) is 12.1 Å². The fourth-order valence-corrected chi connectivity index (χ4v) is 2.65. The number of carboxylic acids is 1. The molecule has 144 valence electrons. The van der Waals surface area contributed by atoms with E-state index in [0.717, 1.165) is 5.56 Å². The first-order chi connectivity index (χ1) is 12.2. The van der Waals surface area contributed by atoms with Crippen LogP contribution in [0.3, 0.4) is 0 Å². The van der Waals surface area contributed by atoms with Crippen LogP contribution in [0.1, 0.15) is 46.1 Å². The number of carbonyl (C=O) groups is 3. The Morgan fingerprint density at radius 2 is 1.54 bits per heavy atom. The summed E-state index contributed by atoms with van der Waals surface area (Å²) in [6.45, 7) is 7.76. The molecule has 0 spiro atoms. The smallest absolute Gasteiger partial charge is 0.326 e. The number of carbonyl (C=O) groups excluding carboxylic acids is 2. The summed E-state index contributed by atoms with van der Waals surface area (Å²) in [6.07, 6.45) is 0.970. The van der Waals surface area contributed by atoms with Gasteiger partial charge in [0, 0.05) is 12.8 Å². The van der Waals surface area contributed by atoms with Crippen LogP contribution < -0.4 is 10.6 Å². The van der Waals surface area contributed by atoms with Crippen LogP contribution in [0.2, 0.25) is 0 Å². The normalized spacial score (nSPS) is 13.3. The minimum Gasteiger partial charge on any atom is -0.480 e. The van der Waals surface area contributed by atoms with Crippen molar-refractivity contribution in [2.75, 3.05) is 0 Å². The van der Waals surface area contributed by atoms with Gasteiger partial charge in [0.2, 0.25) is 11.8 Å². The summed E-state index contributed by atoms with van der Waals surface area (Å²) in [6, 6.07) is 7.35. The summed E-state index contributed by atoms with van der Waals surface area (Å²) in [5, 5.41) is 14.8. The molecule has 2 atom stereocenters. The van der Waals surface area contributed by atoms with Gasteiger partial charge in [-0.1, -0.05) is 58.0 Å². The van der Waals surface area contributed by atoms with Crippen molar-refractivity contribution < 1.29 is 19.5 Å². The lowest BCUT2D eigenvalue weighted by molar-refractivity contribution is -0.142. The van der Waals surface area contributed by atoms with Gasteiger partial charge < -0.3 is 15.7 Å². The van der Waals surface area contributed by atoms with Crippen LogP contribution in [0.4, 0.5) is 0 Å². The second-order valence-electron chi connectivity index (χ2n) is 7.44. The lowest BCUT2D eigenvalue weighted by atomic mass is 10.0. The predicted octanol–water partition coefficient (Wildman–Crippen LogP) is 2.38. The topological polar surface area (TPSA) is 95.5 Å². The minimum atomic E-state index is -1.10. The van der Waals surface area contributed by atoms with E-state index in [-0.39, 0.29) is 24.2 Å². The van der Waals surface area contributed by atoms with Crippen molar-refractivity contribution in [1.29, 1.82) is 0 Å². The maximum atomic E-state index is 12.6. The highest BCUT2D eigenvalue weighted by Gasteiger charge is 2.27. The minimum absolute atomic E-state index is 0.183. The van der Waals surface area contributed by atoms with Gasteiger partial charge in [0.15, 0.2) is 0 Å². The Morgan fingerprint density at radius 1 is 0.923 bits per heavy atom. The number of rotatable bonds is 10. The largest absolute Gasteiger partial charge is 0.480 e. The number of carboxylic acid groups (broad SMARTS) is 1. The maximum Gasteiger partial charge on any atom is 0.326 e. The third kappa shape index (κ3) is 8.14. The zero-order chi connectivity index (χ0) is 19.7. The van der Waals surface area contributed by atoms with Crippen LogP contribution >= 0.6 is 0 Å². The van der Waals surface area contributed by atoms with Gasteiger partial charge >= 0.3 is 5.97 Å². The molecule has 0 aliphatic heterocycles. The van der Waals surface area contributed by atoms with Gasteiger partial charge in [-0.25, -0.2) is 4.79 Å². The summed E-state index contributed by atoms with van der Waals surface area (Å²) < 4.78 is 0. The van der Waals surface area contributed by atoms with Gasteiger partial charge in [0.25, 0.3) is 0 Å². The van der Waals surface area contributed by atoms with Crippen LogP contribution in [0.15, 0.2) is 30.3 Å². The molecule has 0 aliphatic rings. The second-order valence-corrected chi connectivity index (χ2v) is 7.44. The van der Waals surface area contributed by atoms with E-state index in [1.807, 2.05) is 58.0 Å². The van der Waals surface area contributed by atoms with E-state index >= 15 is 0 Å². The first-order valence-electron chi connectivity index (χ1n) is 9.05. The van der Waals surface area contributed by atoms with Crippen molar-refractivity contribution in [1.82, 2.24) is 10.6 Å². The standard InChI is InChI=1S/C20H30N2O4/c1-13(2)10-16(21-18(23)11-14(3)4)19(24)22-17(20(25)26)12-15-8-6-5-7-9-15/h5-9,13-14,16-17H,10-12H2,1-4H3,(H,21,23)(H,22,24)(H,25,26)/t16-,17-/m0/s1. The summed E-state index contributed by atoms with van der Waals surface area (Å²) >= 11 is 0. The number of hydrogen-bond acceptors (Lipinski definition) is 3. The molecule has 0 saturated heterocycles. The number of hydrogen-bond donors (Lipinski definition) is 3. The Balaban J connectivity index is 2.80. The molecule has 2 amide bonds. The average Bonchev–Trinajstić information content (AvgIpc) is 2.53. The molecule has 0 saturated carbocycles. The molecule has 0 radical (unpaired) electrons. The predicted molar refractivity (Wildman–Crippen MR) is 101 cm³/mol. The van der Waals surface area contributed by atoms with Crippen molar-refractivity contribution in [2.24, 2.45) is 11.8 Å². The van der Waals surface area contributed by atoms with E-state index in [2.05, 4.69) is 10.6 Å². The molecule has 6 nitrogen and oxygen atoms in total. The number of aliphatic carboxylic acids is 1. The molecule has 0 aliphatic carbocycles. The van der Waals surface area contributed by atoms with Crippen molar-refractivity contribution in [3.8, 4) is 0 Å². The van der Waals surface area contributed by atoms with Crippen LogP contribution in [0.5, 0.6) is 0 Å². The molecular weight excluding hydrogens is 332 g/mol. The van der Waals surface area contributed by atoms with Gasteiger partial charge in [-0.2, -0.15) is 0 Å². The molecule has 1 rings (SSSR count). The molecule has 26 heavy (non-hydrogen) atoms. The van der Waals surface area contributed by atoms with E-state index in [1.165, 1.54) is 0 Å². The molecular formula is C20H30N2O4. The van der Waals surface area contributed by atoms with Gasteiger partial charge in [-0.05, 0) is 23.8 Å². The Kier molecular flexibility index (Phi) is 8.82. The van der Waals surface area contributed by atoms with Gasteiger partial charge in [0.05, 0.1) is 0 Å². The Bertz CT molecular complexity index is 599. The highest BCUT2D eigenvalue weighted by Crippen LogP contribution is 2.09. The molecule has 0 aromatic heterocycles. The number of amides is 2. The van der Waals surface area contributed by atoms with Gasteiger partial charge in [-0.3, -0.25) is 9.59 Å². The number of benzene rings is 1. The van der Waals surface area contributed by atoms with Crippen LogP contribution in [-0.2, 0) is 20.8 Å². The quantitative estimate of drug-likeness (QED) is 0.595. The second kappa shape index (κ2) is 10.6. The molecule has 0 heterocycles. The fraction of sp³-hybridized carbons (Fsp3) is 0.550. The highest BCUT2D eigenvalue weighted by molar-refractivity contribution is 5.90. The van der Waals surface area contributed by atoms with Crippen molar-refractivity contribution >= 4 is 17.8 Å². The number of nitrogens with one attached hydrogen (secondary N) is 2. The van der Waals surface area contributed by atoms with Crippen molar-refractivity contribution in [3.05, 3.63) is 35.9 Å². The summed E-state index contributed by atoms with van der Waals surface area (Å²) in [5.74, 6) is -1.39. The van der Waals surface area contributed by atoms with Crippen LogP contribution in [0, 0.1) is 11.8 Å². The summed E-state index contributed by atoms with van der Waals surface area (Å²) in [7, 11) is 0. The van der Waals surface area contributed by atoms with Crippen LogP contribution in [0.25, 0.3) is 0 Å². The molecule has 0 unspecified atom stereocenters. The van der Waals surface area contributed by atoms with E-state index in [9.17, 15) is 19.5 Å². The van der Waals surface area contributed by atoms with E-state index in [1.54, 1.807) is 0 Å². The third-order valence-corrected chi connectivity index (χ3v) is 3.85. The zero-order valence-electron chi connectivity index (χ0n) is 16.0. The zero-order valence-corrected chi connectivity index (χ0v) is 16.0. The van der Waals surface area contributed by atoms with E-state index in [4.69, 9.17) is 0 Å². The SMILES string of the molecule is CC(C)CC(=O)N[C@@H](CC(C)C)C(=O)N[C@@H](Cc1ccccc1)C(=O)O. The van der Waals surface area contributed by atoms with Crippen LogP contribution in [-0.4, -0.2) is 35.0 Å². The van der Waals surface area contributed by atoms with E-state index in [0.29, 0.717) is 12.8 Å². The molecule has 6 heteroatoms. The summed E-state index contributed by atoms with van der Waals surface area (Å²) in [4.78, 5) is 36.2. The lowest BCUT2D eigenvalue weighted by Crippen LogP contribution is -2.52. The van der Waals surface area contributed by atoms with Crippen molar-refractivity contribution in [3.63, 3.8) is 0 Å². The summed E-state index contributed by atoms with van der Waals surface area (Å²) in [5.41, 5.74) is 0.824. The molecule has 0 fully saturated rings. The monoisotopic (exact) mass is 362 g/mol. The third-order valence-electron chi connectivity index (χ3n) is 3.85. The maximum absolute atomic E-state index is 12.6. The first-order valence-corrected chi connectivity index (χ1v) is 9.05. The Labute approximate surface area is 155 Å². The average molecular weight is 362 g/mol. The van der Waals surface area contributed by atoms with Crippen molar-refractivity contribution in [2.45, 2.75) is 59.0 Å². The Morgan fingerprint density at radius 3 is 2.04 bits per heavy atom. The lowest BCUT2D eigenvalue weighted by Gasteiger charge is -2.23. The molecule has 1 aromatic rings. The molecule has 1 aromatic carbocycles. The van der Waals surface area contributed by atoms with E-state index < -0.39 is 24.0 Å². The molecule has 3 N–H and O–H groups in total. The fourth-order valence-electron chi connectivity index (χ4n) is 2.65. The van der Waals surface area contributed by atoms with Gasteiger partial charge in [-0.15, -0.1) is 0 Å². The Hall–Kier alpha value is -2.37. The molecule has 0 bridgehead atoms.